The van der Waals surface area contributed by atoms with Crippen LogP contribution in [0.25, 0.3) is 0 Å². The van der Waals surface area contributed by atoms with E-state index in [1.54, 1.807) is 7.11 Å². The molecular weight excluding hydrogens is 366 g/mol. The van der Waals surface area contributed by atoms with Crippen molar-refractivity contribution in [3.05, 3.63) is 29.8 Å². The Labute approximate surface area is 176 Å². The van der Waals surface area contributed by atoms with Gasteiger partial charge >= 0.3 is 0 Å². The molecule has 0 amide bonds. The molecule has 0 radical (unpaired) electrons. The standard InChI is InChI=1S/C23H39N3O3/c1-6-24-22(26-12-10-19(17-26)18-28-15-14-27-5)25-11-13-29-21-9-7-8-20(16-21)23(2,3)4/h7-9,16,19H,6,10-15,17-18H2,1-5H3,(H,24,25). The van der Waals surface area contributed by atoms with Crippen molar-refractivity contribution in [2.75, 3.05) is 59.7 Å². The lowest BCUT2D eigenvalue weighted by molar-refractivity contribution is 0.0536. The van der Waals surface area contributed by atoms with Crippen LogP contribution in [0, 0.1) is 5.92 Å². The number of hydrogen-bond acceptors (Lipinski definition) is 4. The highest BCUT2D eigenvalue weighted by Crippen LogP contribution is 2.25. The zero-order valence-corrected chi connectivity index (χ0v) is 18.9. The summed E-state index contributed by atoms with van der Waals surface area (Å²) in [5.74, 6) is 2.43. The maximum atomic E-state index is 5.95. The summed E-state index contributed by atoms with van der Waals surface area (Å²) < 4.78 is 16.7. The molecule has 1 aliphatic heterocycles. The van der Waals surface area contributed by atoms with Crippen LogP contribution in [0.2, 0.25) is 0 Å². The summed E-state index contributed by atoms with van der Waals surface area (Å²) in [6.45, 7) is 14.9. The van der Waals surface area contributed by atoms with Crippen molar-refractivity contribution in [1.29, 1.82) is 0 Å². The van der Waals surface area contributed by atoms with E-state index < -0.39 is 0 Å². The minimum absolute atomic E-state index is 0.120. The monoisotopic (exact) mass is 405 g/mol. The van der Waals surface area contributed by atoms with Crippen LogP contribution in [-0.4, -0.2) is 70.6 Å². The van der Waals surface area contributed by atoms with Crippen molar-refractivity contribution >= 4 is 5.96 Å². The molecule has 29 heavy (non-hydrogen) atoms. The molecule has 0 spiro atoms. The molecule has 1 heterocycles. The number of hydrogen-bond donors (Lipinski definition) is 1. The highest BCUT2D eigenvalue weighted by Gasteiger charge is 2.24. The third-order valence-electron chi connectivity index (χ3n) is 5.03. The van der Waals surface area contributed by atoms with Gasteiger partial charge in [0.15, 0.2) is 5.96 Å². The molecule has 0 bridgehead atoms. The molecule has 1 fully saturated rings. The van der Waals surface area contributed by atoms with Crippen LogP contribution in [0.4, 0.5) is 0 Å². The summed E-state index contributed by atoms with van der Waals surface area (Å²) in [4.78, 5) is 7.10. The van der Waals surface area contributed by atoms with Crippen LogP contribution in [0.15, 0.2) is 29.3 Å². The fourth-order valence-electron chi connectivity index (χ4n) is 3.35. The number of guanidine groups is 1. The number of benzene rings is 1. The lowest BCUT2D eigenvalue weighted by Crippen LogP contribution is -2.40. The topological polar surface area (TPSA) is 55.3 Å². The van der Waals surface area contributed by atoms with Crippen LogP contribution in [-0.2, 0) is 14.9 Å². The fourth-order valence-corrected chi connectivity index (χ4v) is 3.35. The molecule has 0 aromatic heterocycles. The summed E-state index contributed by atoms with van der Waals surface area (Å²) >= 11 is 0. The largest absolute Gasteiger partial charge is 0.492 e. The Bertz CT molecular complexity index is 628. The van der Waals surface area contributed by atoms with E-state index in [-0.39, 0.29) is 5.41 Å². The average Bonchev–Trinajstić information content (AvgIpc) is 3.16. The Hall–Kier alpha value is -1.79. The maximum Gasteiger partial charge on any atom is 0.194 e. The van der Waals surface area contributed by atoms with E-state index in [9.17, 15) is 0 Å². The molecule has 164 valence electrons. The van der Waals surface area contributed by atoms with Gasteiger partial charge in [0.25, 0.3) is 0 Å². The second kappa shape index (κ2) is 12.0. The normalized spacial score (nSPS) is 17.6. The molecule has 6 nitrogen and oxygen atoms in total. The smallest absolute Gasteiger partial charge is 0.194 e. The molecule has 0 aliphatic carbocycles. The number of likely N-dealkylation sites (tertiary alicyclic amines) is 1. The zero-order valence-electron chi connectivity index (χ0n) is 18.9. The number of nitrogens with one attached hydrogen (secondary N) is 1. The molecule has 1 saturated heterocycles. The van der Waals surface area contributed by atoms with Gasteiger partial charge in [-0.25, -0.2) is 4.99 Å². The highest BCUT2D eigenvalue weighted by molar-refractivity contribution is 5.80. The van der Waals surface area contributed by atoms with E-state index in [1.807, 2.05) is 6.07 Å². The molecule has 6 heteroatoms. The fraction of sp³-hybridized carbons (Fsp3) is 0.696. The first-order chi connectivity index (χ1) is 13.9. The SMILES string of the molecule is CCNC(=NCCOc1cccc(C(C)(C)C)c1)N1CCC(COCCOC)C1. The average molecular weight is 406 g/mol. The molecular formula is C23H39N3O3. The van der Waals surface area contributed by atoms with Crippen molar-refractivity contribution in [2.24, 2.45) is 10.9 Å². The predicted molar refractivity (Wildman–Crippen MR) is 119 cm³/mol. The van der Waals surface area contributed by atoms with Crippen LogP contribution in [0.1, 0.15) is 39.7 Å². The van der Waals surface area contributed by atoms with Crippen molar-refractivity contribution in [1.82, 2.24) is 10.2 Å². The van der Waals surface area contributed by atoms with Gasteiger partial charge in [-0.05, 0) is 36.5 Å². The van der Waals surface area contributed by atoms with E-state index in [4.69, 9.17) is 19.2 Å². The molecule has 2 rings (SSSR count). The van der Waals surface area contributed by atoms with Crippen molar-refractivity contribution in [3.8, 4) is 5.75 Å². The van der Waals surface area contributed by atoms with Crippen molar-refractivity contribution in [3.63, 3.8) is 0 Å². The highest BCUT2D eigenvalue weighted by atomic mass is 16.5. The van der Waals surface area contributed by atoms with Crippen LogP contribution in [0.5, 0.6) is 5.75 Å². The minimum Gasteiger partial charge on any atom is -0.492 e. The van der Waals surface area contributed by atoms with E-state index >= 15 is 0 Å². The Morgan fingerprint density at radius 2 is 2.07 bits per heavy atom. The predicted octanol–water partition coefficient (Wildman–Crippen LogP) is 3.31. The summed E-state index contributed by atoms with van der Waals surface area (Å²) in [6.07, 6.45) is 1.13. The number of rotatable bonds is 10. The number of ether oxygens (including phenoxy) is 3. The Kier molecular flexibility index (Phi) is 9.74. The molecule has 1 unspecified atom stereocenters. The maximum absolute atomic E-state index is 5.95. The molecule has 1 aliphatic rings. The molecule has 1 N–H and O–H groups in total. The second-order valence-corrected chi connectivity index (χ2v) is 8.53. The van der Waals surface area contributed by atoms with E-state index in [0.29, 0.717) is 32.3 Å². The van der Waals surface area contributed by atoms with Gasteiger partial charge in [-0.15, -0.1) is 0 Å². The van der Waals surface area contributed by atoms with Crippen LogP contribution >= 0.6 is 0 Å². The number of aliphatic imine (C=N–C) groups is 1. The summed E-state index contributed by atoms with van der Waals surface area (Å²) in [5, 5.41) is 3.41. The number of methoxy groups -OCH3 is 1. The van der Waals surface area contributed by atoms with Crippen LogP contribution in [0.3, 0.4) is 0 Å². The first-order valence-corrected chi connectivity index (χ1v) is 10.8. The molecule has 0 saturated carbocycles. The summed E-state index contributed by atoms with van der Waals surface area (Å²) in [6, 6.07) is 8.35. The second-order valence-electron chi connectivity index (χ2n) is 8.53. The van der Waals surface area contributed by atoms with Crippen LogP contribution < -0.4 is 10.1 Å². The summed E-state index contributed by atoms with van der Waals surface area (Å²) in [5.41, 5.74) is 1.40. The van der Waals surface area contributed by atoms with Gasteiger partial charge in [0.1, 0.15) is 12.4 Å². The third kappa shape index (κ3) is 8.23. The van der Waals surface area contributed by atoms with Crippen molar-refractivity contribution in [2.45, 2.75) is 39.5 Å². The van der Waals surface area contributed by atoms with Crippen molar-refractivity contribution < 1.29 is 14.2 Å². The molecule has 1 atom stereocenters. The van der Waals surface area contributed by atoms with Gasteiger partial charge in [0.05, 0.1) is 26.4 Å². The van der Waals surface area contributed by atoms with E-state index in [1.165, 1.54) is 5.56 Å². The van der Waals surface area contributed by atoms with Gasteiger partial charge < -0.3 is 24.4 Å². The Morgan fingerprint density at radius 3 is 2.79 bits per heavy atom. The van der Waals surface area contributed by atoms with Gasteiger partial charge in [-0.1, -0.05) is 32.9 Å². The lowest BCUT2D eigenvalue weighted by atomic mass is 9.87. The quantitative estimate of drug-likeness (QED) is 0.368. The Balaban J connectivity index is 1.81. The zero-order chi connectivity index (χ0) is 21.1. The summed E-state index contributed by atoms with van der Waals surface area (Å²) in [7, 11) is 1.70. The van der Waals surface area contributed by atoms with E-state index in [0.717, 1.165) is 44.4 Å². The molecule has 1 aromatic carbocycles. The van der Waals surface area contributed by atoms with Gasteiger partial charge in [0.2, 0.25) is 0 Å². The minimum atomic E-state index is 0.120. The first-order valence-electron chi connectivity index (χ1n) is 10.8. The molecule has 1 aromatic rings. The van der Waals surface area contributed by atoms with Gasteiger partial charge in [-0.3, -0.25) is 0 Å². The van der Waals surface area contributed by atoms with Gasteiger partial charge in [0, 0.05) is 32.7 Å². The first kappa shape index (κ1) is 23.5. The Morgan fingerprint density at radius 1 is 1.24 bits per heavy atom. The third-order valence-corrected chi connectivity index (χ3v) is 5.03. The van der Waals surface area contributed by atoms with E-state index in [2.05, 4.69) is 56.1 Å². The van der Waals surface area contributed by atoms with Gasteiger partial charge in [-0.2, -0.15) is 0 Å². The number of nitrogens with zero attached hydrogens (tertiary/aromatic N) is 2. The lowest BCUT2D eigenvalue weighted by Gasteiger charge is -2.22.